The lowest BCUT2D eigenvalue weighted by molar-refractivity contribution is 0.101. The van der Waals surface area contributed by atoms with Gasteiger partial charge in [-0.15, -0.1) is 0 Å². The molecule has 0 aliphatic carbocycles. The van der Waals surface area contributed by atoms with Crippen molar-refractivity contribution in [2.75, 3.05) is 23.3 Å². The SMILES string of the molecule is CCN(CC)c1ccc(NC(=O)c2ccnn2CC)cc1. The van der Waals surface area contributed by atoms with E-state index in [0.717, 1.165) is 24.5 Å². The molecule has 0 bridgehead atoms. The second-order valence-electron chi connectivity index (χ2n) is 4.71. The molecule has 0 spiro atoms. The number of benzene rings is 1. The van der Waals surface area contributed by atoms with Crippen LogP contribution in [-0.4, -0.2) is 28.8 Å². The van der Waals surface area contributed by atoms with Crippen molar-refractivity contribution in [1.29, 1.82) is 0 Å². The van der Waals surface area contributed by atoms with Crippen molar-refractivity contribution >= 4 is 17.3 Å². The zero-order valence-corrected chi connectivity index (χ0v) is 12.8. The highest BCUT2D eigenvalue weighted by atomic mass is 16.2. The first-order chi connectivity index (χ1) is 10.2. The third-order valence-electron chi connectivity index (χ3n) is 3.50. The molecule has 0 fully saturated rings. The number of amides is 1. The van der Waals surface area contributed by atoms with E-state index in [2.05, 4.69) is 29.2 Å². The summed E-state index contributed by atoms with van der Waals surface area (Å²) in [6, 6.07) is 9.64. The van der Waals surface area contributed by atoms with Gasteiger partial charge in [0.25, 0.3) is 5.91 Å². The van der Waals surface area contributed by atoms with Gasteiger partial charge in [-0.1, -0.05) is 0 Å². The van der Waals surface area contributed by atoms with Crippen LogP contribution in [0.15, 0.2) is 36.5 Å². The first-order valence-electron chi connectivity index (χ1n) is 7.37. The highest BCUT2D eigenvalue weighted by Crippen LogP contribution is 2.18. The standard InChI is InChI=1S/C16H22N4O/c1-4-19(5-2)14-9-7-13(8-10-14)18-16(21)15-11-12-17-20(15)6-3/h7-12H,4-6H2,1-3H3,(H,18,21). The lowest BCUT2D eigenvalue weighted by Gasteiger charge is -2.21. The van der Waals surface area contributed by atoms with Crippen LogP contribution in [0.4, 0.5) is 11.4 Å². The van der Waals surface area contributed by atoms with E-state index in [-0.39, 0.29) is 5.91 Å². The molecule has 2 rings (SSSR count). The molecule has 5 heteroatoms. The Hall–Kier alpha value is -2.30. The molecule has 0 aliphatic rings. The number of anilines is 2. The van der Waals surface area contributed by atoms with Crippen LogP contribution >= 0.6 is 0 Å². The molecule has 112 valence electrons. The van der Waals surface area contributed by atoms with Crippen LogP contribution in [0.25, 0.3) is 0 Å². The molecule has 0 atom stereocenters. The Morgan fingerprint density at radius 1 is 1.14 bits per heavy atom. The molecule has 1 N–H and O–H groups in total. The number of carbonyl (C=O) groups excluding carboxylic acids is 1. The van der Waals surface area contributed by atoms with Gasteiger partial charge < -0.3 is 10.2 Å². The fourth-order valence-corrected chi connectivity index (χ4v) is 2.32. The van der Waals surface area contributed by atoms with E-state index in [1.807, 2.05) is 31.2 Å². The molecule has 5 nitrogen and oxygen atoms in total. The molecule has 0 unspecified atom stereocenters. The monoisotopic (exact) mass is 286 g/mol. The third kappa shape index (κ3) is 3.42. The maximum Gasteiger partial charge on any atom is 0.273 e. The minimum absolute atomic E-state index is 0.134. The van der Waals surface area contributed by atoms with Gasteiger partial charge in [-0.25, -0.2) is 0 Å². The van der Waals surface area contributed by atoms with Crippen LogP contribution in [0.2, 0.25) is 0 Å². The molecule has 0 radical (unpaired) electrons. The van der Waals surface area contributed by atoms with E-state index in [9.17, 15) is 4.79 Å². The summed E-state index contributed by atoms with van der Waals surface area (Å²) in [5.41, 5.74) is 2.53. The molecule has 1 heterocycles. The van der Waals surface area contributed by atoms with Gasteiger partial charge in [-0.3, -0.25) is 9.48 Å². The van der Waals surface area contributed by atoms with Gasteiger partial charge in [0.15, 0.2) is 0 Å². The maximum absolute atomic E-state index is 12.2. The molecule has 21 heavy (non-hydrogen) atoms. The summed E-state index contributed by atoms with van der Waals surface area (Å²) in [4.78, 5) is 14.5. The Morgan fingerprint density at radius 2 is 1.81 bits per heavy atom. The van der Waals surface area contributed by atoms with Gasteiger partial charge in [0, 0.05) is 37.2 Å². The number of hydrogen-bond donors (Lipinski definition) is 1. The fourth-order valence-electron chi connectivity index (χ4n) is 2.32. The van der Waals surface area contributed by atoms with Crippen molar-refractivity contribution in [3.05, 3.63) is 42.2 Å². The normalized spacial score (nSPS) is 10.4. The summed E-state index contributed by atoms with van der Waals surface area (Å²) in [5.74, 6) is -0.134. The summed E-state index contributed by atoms with van der Waals surface area (Å²) in [6.07, 6.45) is 1.64. The molecular formula is C16H22N4O. The first kappa shape index (κ1) is 15.1. The highest BCUT2D eigenvalue weighted by molar-refractivity contribution is 6.03. The smallest absolute Gasteiger partial charge is 0.273 e. The molecule has 1 aromatic carbocycles. The number of hydrogen-bond acceptors (Lipinski definition) is 3. The van der Waals surface area contributed by atoms with Gasteiger partial charge in [-0.05, 0) is 51.1 Å². The Morgan fingerprint density at radius 3 is 2.38 bits per heavy atom. The van der Waals surface area contributed by atoms with E-state index >= 15 is 0 Å². The van der Waals surface area contributed by atoms with Crippen LogP contribution < -0.4 is 10.2 Å². The molecule has 1 aromatic heterocycles. The van der Waals surface area contributed by atoms with Gasteiger partial charge >= 0.3 is 0 Å². The summed E-state index contributed by atoms with van der Waals surface area (Å²) in [5, 5.41) is 7.01. The minimum Gasteiger partial charge on any atom is -0.372 e. The number of aryl methyl sites for hydroxylation is 1. The van der Waals surface area contributed by atoms with Gasteiger partial charge in [0.2, 0.25) is 0 Å². The second kappa shape index (κ2) is 6.92. The average molecular weight is 286 g/mol. The largest absolute Gasteiger partial charge is 0.372 e. The van der Waals surface area contributed by atoms with Crippen molar-refractivity contribution in [3.8, 4) is 0 Å². The van der Waals surface area contributed by atoms with E-state index in [0.29, 0.717) is 12.2 Å². The zero-order valence-electron chi connectivity index (χ0n) is 12.8. The predicted octanol–water partition coefficient (Wildman–Crippen LogP) is 3.00. The lowest BCUT2D eigenvalue weighted by Crippen LogP contribution is -2.21. The van der Waals surface area contributed by atoms with Gasteiger partial charge in [0.05, 0.1) is 0 Å². The second-order valence-corrected chi connectivity index (χ2v) is 4.71. The van der Waals surface area contributed by atoms with Crippen molar-refractivity contribution in [3.63, 3.8) is 0 Å². The van der Waals surface area contributed by atoms with E-state index in [1.165, 1.54) is 0 Å². The Bertz CT molecular complexity index is 585. The summed E-state index contributed by atoms with van der Waals surface area (Å²) >= 11 is 0. The zero-order chi connectivity index (χ0) is 15.2. The van der Waals surface area contributed by atoms with E-state index in [4.69, 9.17) is 0 Å². The topological polar surface area (TPSA) is 50.2 Å². The minimum atomic E-state index is -0.134. The number of aromatic nitrogens is 2. The lowest BCUT2D eigenvalue weighted by atomic mass is 10.2. The average Bonchev–Trinajstić information content (AvgIpc) is 2.99. The number of nitrogens with zero attached hydrogens (tertiary/aromatic N) is 3. The van der Waals surface area contributed by atoms with Crippen molar-refractivity contribution in [2.45, 2.75) is 27.3 Å². The van der Waals surface area contributed by atoms with Crippen molar-refractivity contribution in [1.82, 2.24) is 9.78 Å². The first-order valence-corrected chi connectivity index (χ1v) is 7.37. The fraction of sp³-hybridized carbons (Fsp3) is 0.375. The van der Waals surface area contributed by atoms with E-state index in [1.54, 1.807) is 16.9 Å². The molecule has 0 saturated carbocycles. The van der Waals surface area contributed by atoms with Crippen molar-refractivity contribution < 1.29 is 4.79 Å². The molecular weight excluding hydrogens is 264 g/mol. The quantitative estimate of drug-likeness (QED) is 0.888. The van der Waals surface area contributed by atoms with Crippen LogP contribution in [0.5, 0.6) is 0 Å². The number of rotatable bonds is 6. The van der Waals surface area contributed by atoms with Crippen LogP contribution in [0.3, 0.4) is 0 Å². The molecule has 1 amide bonds. The Balaban J connectivity index is 2.08. The van der Waals surface area contributed by atoms with Crippen molar-refractivity contribution in [2.24, 2.45) is 0 Å². The third-order valence-corrected chi connectivity index (χ3v) is 3.50. The molecule has 2 aromatic rings. The summed E-state index contributed by atoms with van der Waals surface area (Å²) in [6.45, 7) is 8.84. The predicted molar refractivity (Wildman–Crippen MR) is 85.9 cm³/mol. The van der Waals surface area contributed by atoms with Crippen LogP contribution in [-0.2, 0) is 6.54 Å². The van der Waals surface area contributed by atoms with Gasteiger partial charge in [0.1, 0.15) is 5.69 Å². The molecule has 0 saturated heterocycles. The van der Waals surface area contributed by atoms with Crippen LogP contribution in [0.1, 0.15) is 31.3 Å². The van der Waals surface area contributed by atoms with Gasteiger partial charge in [-0.2, -0.15) is 5.10 Å². The summed E-state index contributed by atoms with van der Waals surface area (Å²) in [7, 11) is 0. The molecule has 0 aliphatic heterocycles. The maximum atomic E-state index is 12.2. The number of nitrogens with one attached hydrogen (secondary N) is 1. The van der Waals surface area contributed by atoms with Crippen LogP contribution in [0, 0.1) is 0 Å². The Kier molecular flexibility index (Phi) is 4.98. The van der Waals surface area contributed by atoms with E-state index < -0.39 is 0 Å². The highest BCUT2D eigenvalue weighted by Gasteiger charge is 2.11. The Labute approximate surface area is 125 Å². The number of carbonyl (C=O) groups is 1. The summed E-state index contributed by atoms with van der Waals surface area (Å²) < 4.78 is 1.68.